The highest BCUT2D eigenvalue weighted by Gasteiger charge is 2.08. The van der Waals surface area contributed by atoms with Gasteiger partial charge in [-0.25, -0.2) is 0 Å². The number of nitrogens with zero attached hydrogens (tertiary/aromatic N) is 1. The van der Waals surface area contributed by atoms with Crippen LogP contribution in [0.4, 0.5) is 0 Å². The average molecular weight is 382 g/mol. The highest BCUT2D eigenvalue weighted by atomic mass is 79.9. The Bertz CT molecular complexity index is 704. The molecule has 0 saturated heterocycles. The zero-order valence-electron chi connectivity index (χ0n) is 11.8. The van der Waals surface area contributed by atoms with E-state index in [-0.39, 0.29) is 11.7 Å². The molecule has 1 amide bonds. The van der Waals surface area contributed by atoms with Gasteiger partial charge in [0.15, 0.2) is 0 Å². The van der Waals surface area contributed by atoms with E-state index in [1.54, 1.807) is 24.4 Å². The second kappa shape index (κ2) is 7.62. The summed E-state index contributed by atoms with van der Waals surface area (Å²) in [5.74, 6) is -0.387. The lowest BCUT2D eigenvalue weighted by Crippen LogP contribution is -2.23. The number of aromatic nitrogens is 1. The summed E-state index contributed by atoms with van der Waals surface area (Å²) in [6.07, 6.45) is 1.71. The highest BCUT2D eigenvalue weighted by Crippen LogP contribution is 2.17. The van der Waals surface area contributed by atoms with Gasteiger partial charge in [-0.1, -0.05) is 33.1 Å². The molecule has 0 saturated carbocycles. The first kappa shape index (κ1) is 16.8. The van der Waals surface area contributed by atoms with Gasteiger partial charge in [0.25, 0.3) is 5.91 Å². The van der Waals surface area contributed by atoms with Crippen LogP contribution in [0.5, 0.6) is 0 Å². The number of halogens is 1. The lowest BCUT2D eigenvalue weighted by Gasteiger charge is -2.09. The Kier molecular flexibility index (Phi) is 5.82. The Morgan fingerprint density at radius 3 is 2.73 bits per heavy atom. The van der Waals surface area contributed by atoms with Gasteiger partial charge < -0.3 is 9.87 Å². The lowest BCUT2D eigenvalue weighted by molar-refractivity contribution is 0.0950. The number of hydrogen-bond acceptors (Lipinski definition) is 4. The zero-order chi connectivity index (χ0) is 16.1. The van der Waals surface area contributed by atoms with Crippen molar-refractivity contribution < 1.29 is 13.6 Å². The molecule has 5 nitrogen and oxygen atoms in total. The number of carbonyl (C=O) groups is 1. The van der Waals surface area contributed by atoms with Crippen molar-refractivity contribution in [3.63, 3.8) is 0 Å². The first-order valence-electron chi connectivity index (χ1n) is 6.49. The largest absolute Gasteiger partial charge is 0.772 e. The maximum atomic E-state index is 12.2. The molecule has 7 heteroatoms. The zero-order valence-corrected chi connectivity index (χ0v) is 14.2. The summed E-state index contributed by atoms with van der Waals surface area (Å²) < 4.78 is 22.2. The number of aryl methyl sites for hydroxylation is 1. The van der Waals surface area contributed by atoms with Crippen molar-refractivity contribution in [1.82, 2.24) is 10.3 Å². The summed E-state index contributed by atoms with van der Waals surface area (Å²) in [4.78, 5) is 16.3. The molecule has 22 heavy (non-hydrogen) atoms. The van der Waals surface area contributed by atoms with Crippen molar-refractivity contribution in [3.05, 3.63) is 63.4 Å². The van der Waals surface area contributed by atoms with Crippen LogP contribution in [0, 0.1) is 6.92 Å². The predicted octanol–water partition coefficient (Wildman–Crippen LogP) is 2.46. The highest BCUT2D eigenvalue weighted by molar-refractivity contribution is 9.10. The van der Waals surface area contributed by atoms with Crippen molar-refractivity contribution >= 4 is 32.9 Å². The van der Waals surface area contributed by atoms with E-state index in [1.807, 2.05) is 19.1 Å². The topological polar surface area (TPSA) is 82.1 Å². The third kappa shape index (κ3) is 5.01. The van der Waals surface area contributed by atoms with E-state index in [9.17, 15) is 13.6 Å². The number of amides is 1. The minimum absolute atomic E-state index is 0.123. The molecule has 2 aromatic rings. The van der Waals surface area contributed by atoms with Gasteiger partial charge in [0.1, 0.15) is 0 Å². The molecule has 1 unspecified atom stereocenters. The van der Waals surface area contributed by atoms with Gasteiger partial charge in [-0.05, 0) is 42.3 Å². The van der Waals surface area contributed by atoms with Gasteiger partial charge in [0.05, 0.1) is 0 Å². The number of rotatable bonds is 5. The van der Waals surface area contributed by atoms with E-state index in [0.29, 0.717) is 22.1 Å². The molecular weight excluding hydrogens is 368 g/mol. The Morgan fingerprint density at radius 1 is 1.32 bits per heavy atom. The van der Waals surface area contributed by atoms with E-state index < -0.39 is 11.1 Å². The van der Waals surface area contributed by atoms with Gasteiger partial charge in [0, 0.05) is 34.2 Å². The van der Waals surface area contributed by atoms with Crippen molar-refractivity contribution in [2.75, 3.05) is 0 Å². The SMILES string of the molecule is Cc1ccc(CNC(=O)c2cc(Br)cc(CS(=O)[O-])c2)cn1. The fourth-order valence-corrected chi connectivity index (χ4v) is 2.87. The fourth-order valence-electron chi connectivity index (χ4n) is 1.89. The van der Waals surface area contributed by atoms with E-state index in [1.165, 1.54) is 0 Å². The van der Waals surface area contributed by atoms with Crippen LogP contribution in [0.25, 0.3) is 0 Å². The quantitative estimate of drug-likeness (QED) is 0.806. The number of hydrogen-bond donors (Lipinski definition) is 1. The molecule has 1 aromatic heterocycles. The summed E-state index contributed by atoms with van der Waals surface area (Å²) in [7, 11) is 0. The van der Waals surface area contributed by atoms with Gasteiger partial charge in [0.2, 0.25) is 0 Å². The number of pyridine rings is 1. The van der Waals surface area contributed by atoms with Crippen LogP contribution in [0.3, 0.4) is 0 Å². The lowest BCUT2D eigenvalue weighted by atomic mass is 10.1. The molecule has 0 spiro atoms. The molecule has 0 fully saturated rings. The first-order valence-corrected chi connectivity index (χ1v) is 8.53. The molecule has 0 radical (unpaired) electrons. The van der Waals surface area contributed by atoms with Crippen molar-refractivity contribution in [3.8, 4) is 0 Å². The second-order valence-electron chi connectivity index (χ2n) is 4.79. The number of nitrogens with one attached hydrogen (secondary N) is 1. The molecule has 0 bridgehead atoms. The average Bonchev–Trinajstić information content (AvgIpc) is 2.45. The summed E-state index contributed by atoms with van der Waals surface area (Å²) in [5.41, 5.74) is 2.78. The molecule has 1 atom stereocenters. The second-order valence-corrected chi connectivity index (χ2v) is 6.60. The third-order valence-corrected chi connectivity index (χ3v) is 3.96. The van der Waals surface area contributed by atoms with Crippen LogP contribution in [0.1, 0.15) is 27.2 Å². The van der Waals surface area contributed by atoms with Crippen LogP contribution in [0.15, 0.2) is 41.0 Å². The van der Waals surface area contributed by atoms with Crippen molar-refractivity contribution in [2.45, 2.75) is 19.2 Å². The summed E-state index contributed by atoms with van der Waals surface area (Å²) in [6, 6.07) is 8.68. The summed E-state index contributed by atoms with van der Waals surface area (Å²) in [6.45, 7) is 2.26. The third-order valence-electron chi connectivity index (χ3n) is 2.93. The summed E-state index contributed by atoms with van der Waals surface area (Å²) >= 11 is 1.09. The van der Waals surface area contributed by atoms with Gasteiger partial charge in [-0.2, -0.15) is 0 Å². The van der Waals surface area contributed by atoms with Crippen LogP contribution in [-0.4, -0.2) is 19.7 Å². The molecule has 1 heterocycles. The van der Waals surface area contributed by atoms with E-state index in [2.05, 4.69) is 26.2 Å². The molecule has 2 rings (SSSR count). The Hall–Kier alpha value is -1.57. The smallest absolute Gasteiger partial charge is 0.251 e. The molecule has 0 aliphatic carbocycles. The van der Waals surface area contributed by atoms with Gasteiger partial charge in [-0.3, -0.25) is 14.0 Å². The van der Waals surface area contributed by atoms with Crippen LogP contribution >= 0.6 is 15.9 Å². The van der Waals surface area contributed by atoms with Crippen molar-refractivity contribution in [1.29, 1.82) is 0 Å². The van der Waals surface area contributed by atoms with Gasteiger partial charge in [-0.15, -0.1) is 0 Å². The predicted molar refractivity (Wildman–Crippen MR) is 86.9 cm³/mol. The number of carbonyl (C=O) groups excluding carboxylic acids is 1. The minimum atomic E-state index is -2.19. The standard InChI is InChI=1S/C15H15BrN2O3S/c1-10-2-3-11(7-17-10)8-18-15(19)13-4-12(9-22(20)21)5-14(16)6-13/h2-7H,8-9H2,1H3,(H,18,19)(H,20,21)/p-1. The Morgan fingerprint density at radius 2 is 2.09 bits per heavy atom. The van der Waals surface area contributed by atoms with Crippen LogP contribution in [0.2, 0.25) is 0 Å². The molecule has 0 aliphatic heterocycles. The maximum Gasteiger partial charge on any atom is 0.251 e. The molecule has 1 aromatic carbocycles. The molecule has 116 valence electrons. The Labute approximate surface area is 139 Å². The Balaban J connectivity index is 2.07. The van der Waals surface area contributed by atoms with Gasteiger partial charge >= 0.3 is 0 Å². The number of benzene rings is 1. The first-order chi connectivity index (χ1) is 10.4. The minimum Gasteiger partial charge on any atom is -0.772 e. The summed E-state index contributed by atoms with van der Waals surface area (Å²) in [5, 5.41) is 2.79. The van der Waals surface area contributed by atoms with Crippen molar-refractivity contribution in [2.24, 2.45) is 0 Å². The molecule has 0 aliphatic rings. The van der Waals surface area contributed by atoms with Crippen LogP contribution < -0.4 is 5.32 Å². The normalized spacial score (nSPS) is 12.0. The molecule has 1 N–H and O–H groups in total. The fraction of sp³-hybridized carbons (Fsp3) is 0.200. The van der Waals surface area contributed by atoms with E-state index in [4.69, 9.17) is 0 Å². The monoisotopic (exact) mass is 381 g/mol. The van der Waals surface area contributed by atoms with E-state index >= 15 is 0 Å². The maximum absolute atomic E-state index is 12.2. The molecular formula is C15H14BrN2O3S-. The van der Waals surface area contributed by atoms with E-state index in [0.717, 1.165) is 11.3 Å². The van der Waals surface area contributed by atoms with Crippen LogP contribution in [-0.2, 0) is 23.4 Å².